The first kappa shape index (κ1) is 13.0. The minimum Gasteiger partial charge on any atom is -0.381 e. The van der Waals surface area contributed by atoms with Crippen LogP contribution in [0.5, 0.6) is 0 Å². The van der Waals surface area contributed by atoms with Gasteiger partial charge in [0.05, 0.1) is 11.0 Å². The number of methoxy groups -OCH3 is 1. The fourth-order valence-electron chi connectivity index (χ4n) is 2.14. The molecular weight excluding hydrogens is 258 g/mol. The maximum absolute atomic E-state index is 11.0. The minimum absolute atomic E-state index is 0.00438. The molecule has 1 aromatic heterocycles. The third-order valence-corrected chi connectivity index (χ3v) is 3.35. The van der Waals surface area contributed by atoms with Gasteiger partial charge in [0.2, 0.25) is 0 Å². The number of halogens is 1. The maximum Gasteiger partial charge on any atom is 0.310 e. The number of aromatic nitrogens is 1. The van der Waals surface area contributed by atoms with Crippen molar-refractivity contribution in [2.24, 2.45) is 0 Å². The molecule has 0 N–H and O–H groups in total. The molecule has 18 heavy (non-hydrogen) atoms. The topological polar surface area (TPSA) is 68.5 Å². The highest BCUT2D eigenvalue weighted by Gasteiger charge is 2.25. The summed E-state index contributed by atoms with van der Waals surface area (Å²) in [5, 5.41) is 11.2. The molecule has 0 spiro atoms. The summed E-state index contributed by atoms with van der Waals surface area (Å²) in [6.07, 6.45) is 3.15. The largest absolute Gasteiger partial charge is 0.381 e. The lowest BCUT2D eigenvalue weighted by Crippen LogP contribution is -2.37. The van der Waals surface area contributed by atoms with E-state index in [0.29, 0.717) is 5.69 Å². The van der Waals surface area contributed by atoms with Crippen LogP contribution in [0.2, 0.25) is 5.15 Å². The molecular formula is C11H14ClN3O3. The molecule has 0 amide bonds. The Bertz CT molecular complexity index is 447. The molecule has 0 unspecified atom stereocenters. The summed E-state index contributed by atoms with van der Waals surface area (Å²) < 4.78 is 5.28. The summed E-state index contributed by atoms with van der Waals surface area (Å²) >= 11 is 5.81. The highest BCUT2D eigenvalue weighted by molar-refractivity contribution is 6.29. The standard InChI is InChI=1S/C11H14ClN3O3/c1-18-8-2-4-14(5-3-8)9-6-11(12)13-7-10(9)15(16)17/h6-8H,2-5H2,1H3. The number of nitro groups is 1. The van der Waals surface area contributed by atoms with Gasteiger partial charge in [-0.1, -0.05) is 11.6 Å². The molecule has 6 nitrogen and oxygen atoms in total. The monoisotopic (exact) mass is 271 g/mol. The predicted molar refractivity (Wildman–Crippen MR) is 68.1 cm³/mol. The molecule has 2 rings (SSSR count). The van der Waals surface area contributed by atoms with Crippen LogP contribution in [0.15, 0.2) is 12.3 Å². The SMILES string of the molecule is COC1CCN(c2cc(Cl)ncc2[N+](=O)[O-])CC1. The van der Waals surface area contributed by atoms with E-state index >= 15 is 0 Å². The smallest absolute Gasteiger partial charge is 0.310 e. The van der Waals surface area contributed by atoms with Crippen molar-refractivity contribution in [2.45, 2.75) is 18.9 Å². The Morgan fingerprint density at radius 3 is 2.78 bits per heavy atom. The molecule has 0 radical (unpaired) electrons. The predicted octanol–water partition coefficient (Wildman–Crippen LogP) is 2.26. The molecule has 1 saturated heterocycles. The van der Waals surface area contributed by atoms with E-state index in [1.54, 1.807) is 13.2 Å². The summed E-state index contributed by atoms with van der Waals surface area (Å²) in [5.41, 5.74) is 0.532. The summed E-state index contributed by atoms with van der Waals surface area (Å²) in [6, 6.07) is 1.55. The van der Waals surface area contributed by atoms with Crippen LogP contribution in [0.1, 0.15) is 12.8 Å². The highest BCUT2D eigenvalue weighted by Crippen LogP contribution is 2.31. The van der Waals surface area contributed by atoms with Gasteiger partial charge in [-0.2, -0.15) is 0 Å². The molecule has 0 aromatic carbocycles. The van der Waals surface area contributed by atoms with Gasteiger partial charge in [0, 0.05) is 26.3 Å². The van der Waals surface area contributed by atoms with Crippen LogP contribution in [-0.2, 0) is 4.74 Å². The Morgan fingerprint density at radius 2 is 2.22 bits per heavy atom. The Labute approximate surface area is 110 Å². The molecule has 7 heteroatoms. The van der Waals surface area contributed by atoms with E-state index in [1.807, 2.05) is 4.90 Å². The van der Waals surface area contributed by atoms with Crippen LogP contribution in [0.4, 0.5) is 11.4 Å². The van der Waals surface area contributed by atoms with Gasteiger partial charge < -0.3 is 9.64 Å². The van der Waals surface area contributed by atoms with E-state index in [0.717, 1.165) is 25.9 Å². The van der Waals surface area contributed by atoms with Crippen LogP contribution in [-0.4, -0.2) is 36.2 Å². The summed E-state index contributed by atoms with van der Waals surface area (Å²) in [5.74, 6) is 0. The Hall–Kier alpha value is -1.40. The number of piperidine rings is 1. The molecule has 1 aliphatic heterocycles. The van der Waals surface area contributed by atoms with Crippen LogP contribution >= 0.6 is 11.6 Å². The van der Waals surface area contributed by atoms with Crippen LogP contribution in [0.3, 0.4) is 0 Å². The second kappa shape index (κ2) is 5.49. The van der Waals surface area contributed by atoms with Crippen molar-refractivity contribution in [2.75, 3.05) is 25.1 Å². The molecule has 0 atom stereocenters. The van der Waals surface area contributed by atoms with E-state index in [1.165, 1.54) is 6.20 Å². The van der Waals surface area contributed by atoms with Crippen molar-refractivity contribution in [3.05, 3.63) is 27.5 Å². The van der Waals surface area contributed by atoms with Crippen molar-refractivity contribution in [1.29, 1.82) is 0 Å². The molecule has 0 aliphatic carbocycles. The maximum atomic E-state index is 11.0. The zero-order valence-corrected chi connectivity index (χ0v) is 10.8. The Kier molecular flexibility index (Phi) is 3.98. The van der Waals surface area contributed by atoms with Crippen LogP contribution in [0, 0.1) is 10.1 Å². The fourth-order valence-corrected chi connectivity index (χ4v) is 2.29. The molecule has 1 fully saturated rings. The summed E-state index contributed by atoms with van der Waals surface area (Å²) in [7, 11) is 1.69. The Morgan fingerprint density at radius 1 is 1.56 bits per heavy atom. The Balaban J connectivity index is 2.22. The van der Waals surface area contributed by atoms with Crippen LogP contribution < -0.4 is 4.90 Å². The fraction of sp³-hybridized carbons (Fsp3) is 0.545. The third-order valence-electron chi connectivity index (χ3n) is 3.14. The van der Waals surface area contributed by atoms with Crippen molar-refractivity contribution < 1.29 is 9.66 Å². The lowest BCUT2D eigenvalue weighted by molar-refractivity contribution is -0.384. The third kappa shape index (κ3) is 2.70. The van der Waals surface area contributed by atoms with E-state index in [-0.39, 0.29) is 16.9 Å². The van der Waals surface area contributed by atoms with Gasteiger partial charge in [0.1, 0.15) is 17.0 Å². The van der Waals surface area contributed by atoms with Crippen molar-refractivity contribution in [3.8, 4) is 0 Å². The zero-order chi connectivity index (χ0) is 13.1. The highest BCUT2D eigenvalue weighted by atomic mass is 35.5. The quantitative estimate of drug-likeness (QED) is 0.479. The van der Waals surface area contributed by atoms with Gasteiger partial charge in [-0.15, -0.1) is 0 Å². The lowest BCUT2D eigenvalue weighted by atomic mass is 10.1. The first-order valence-corrected chi connectivity index (χ1v) is 6.07. The number of ether oxygens (including phenoxy) is 1. The van der Waals surface area contributed by atoms with Gasteiger partial charge in [-0.25, -0.2) is 4.98 Å². The number of hydrogen-bond acceptors (Lipinski definition) is 5. The van der Waals surface area contributed by atoms with Gasteiger partial charge in [0.15, 0.2) is 0 Å². The summed E-state index contributed by atoms with van der Waals surface area (Å²) in [6.45, 7) is 1.44. The van der Waals surface area contributed by atoms with Gasteiger partial charge in [-0.05, 0) is 12.8 Å². The first-order chi connectivity index (χ1) is 8.61. The lowest BCUT2D eigenvalue weighted by Gasteiger charge is -2.32. The molecule has 1 aromatic rings. The van der Waals surface area contributed by atoms with Gasteiger partial charge >= 0.3 is 5.69 Å². The van der Waals surface area contributed by atoms with E-state index in [9.17, 15) is 10.1 Å². The van der Waals surface area contributed by atoms with Crippen LogP contribution in [0.25, 0.3) is 0 Å². The average molecular weight is 272 g/mol. The van der Waals surface area contributed by atoms with E-state index in [4.69, 9.17) is 16.3 Å². The van der Waals surface area contributed by atoms with Crippen molar-refractivity contribution >= 4 is 23.0 Å². The van der Waals surface area contributed by atoms with E-state index < -0.39 is 4.92 Å². The summed E-state index contributed by atoms with van der Waals surface area (Å²) in [4.78, 5) is 16.3. The molecule has 0 saturated carbocycles. The number of pyridine rings is 1. The number of anilines is 1. The zero-order valence-electron chi connectivity index (χ0n) is 10.0. The molecule has 1 aliphatic rings. The molecule has 98 valence electrons. The number of nitrogens with zero attached hydrogens (tertiary/aromatic N) is 3. The molecule has 2 heterocycles. The first-order valence-electron chi connectivity index (χ1n) is 5.69. The van der Waals surface area contributed by atoms with Crippen molar-refractivity contribution in [1.82, 2.24) is 4.98 Å². The van der Waals surface area contributed by atoms with E-state index in [2.05, 4.69) is 4.98 Å². The second-order valence-corrected chi connectivity index (χ2v) is 4.56. The molecule has 0 bridgehead atoms. The second-order valence-electron chi connectivity index (χ2n) is 4.17. The number of hydrogen-bond donors (Lipinski definition) is 0. The number of rotatable bonds is 3. The minimum atomic E-state index is -0.429. The van der Waals surface area contributed by atoms with Gasteiger partial charge in [0.25, 0.3) is 0 Å². The van der Waals surface area contributed by atoms with Gasteiger partial charge in [-0.3, -0.25) is 10.1 Å². The normalized spacial score (nSPS) is 16.9. The average Bonchev–Trinajstić information content (AvgIpc) is 2.38. The van der Waals surface area contributed by atoms with Crippen molar-refractivity contribution in [3.63, 3.8) is 0 Å².